The quantitative estimate of drug-likeness (QED) is 0.743. The number of halogens is 3. The van der Waals surface area contributed by atoms with Gasteiger partial charge in [-0.25, -0.2) is 4.39 Å². The summed E-state index contributed by atoms with van der Waals surface area (Å²) in [7, 11) is 0. The lowest BCUT2D eigenvalue weighted by atomic mass is 10.1. The summed E-state index contributed by atoms with van der Waals surface area (Å²) in [6.45, 7) is 0. The Balaban J connectivity index is 2.45. The van der Waals surface area contributed by atoms with Crippen LogP contribution in [0.1, 0.15) is 15.2 Å². The van der Waals surface area contributed by atoms with E-state index in [9.17, 15) is 9.18 Å². The Morgan fingerprint density at radius 2 is 2.06 bits per heavy atom. The first kappa shape index (κ1) is 11.8. The van der Waals surface area contributed by atoms with Gasteiger partial charge in [-0.3, -0.25) is 4.79 Å². The first-order valence-corrected chi connectivity index (χ1v) is 6.32. The van der Waals surface area contributed by atoms with E-state index < -0.39 is 5.82 Å². The Labute approximate surface area is 109 Å². The van der Waals surface area contributed by atoms with E-state index >= 15 is 0 Å². The molecule has 82 valence electrons. The zero-order valence-corrected chi connectivity index (χ0v) is 11.0. The van der Waals surface area contributed by atoms with E-state index in [2.05, 4.69) is 15.9 Å². The smallest absolute Gasteiger partial charge is 0.205 e. The minimum atomic E-state index is -0.557. The van der Waals surface area contributed by atoms with Crippen LogP contribution < -0.4 is 0 Å². The van der Waals surface area contributed by atoms with Crippen molar-refractivity contribution in [2.24, 2.45) is 0 Å². The molecule has 0 saturated heterocycles. The highest BCUT2D eigenvalue weighted by atomic mass is 79.9. The highest BCUT2D eigenvalue weighted by molar-refractivity contribution is 9.11. The lowest BCUT2D eigenvalue weighted by molar-refractivity contribution is 0.103. The molecule has 0 bridgehead atoms. The third-order valence-electron chi connectivity index (χ3n) is 1.97. The van der Waals surface area contributed by atoms with Gasteiger partial charge in [-0.1, -0.05) is 11.6 Å². The first-order chi connectivity index (χ1) is 7.58. The lowest BCUT2D eigenvalue weighted by Crippen LogP contribution is -2.01. The van der Waals surface area contributed by atoms with Crippen molar-refractivity contribution in [2.45, 2.75) is 0 Å². The SMILES string of the molecule is O=C(c1ccc(Br)s1)c1cc(Cl)ccc1F. The minimum Gasteiger partial charge on any atom is -0.288 e. The van der Waals surface area contributed by atoms with Gasteiger partial charge in [0.15, 0.2) is 0 Å². The van der Waals surface area contributed by atoms with E-state index in [-0.39, 0.29) is 11.3 Å². The third kappa shape index (κ3) is 2.34. The van der Waals surface area contributed by atoms with E-state index in [1.165, 1.54) is 29.5 Å². The van der Waals surface area contributed by atoms with Crippen LogP contribution in [0.15, 0.2) is 34.1 Å². The number of ketones is 1. The van der Waals surface area contributed by atoms with Gasteiger partial charge in [0, 0.05) is 5.02 Å². The number of carbonyl (C=O) groups is 1. The third-order valence-corrected chi connectivity index (χ3v) is 3.83. The van der Waals surface area contributed by atoms with E-state index in [1.807, 2.05) is 0 Å². The second kappa shape index (κ2) is 4.65. The topological polar surface area (TPSA) is 17.1 Å². The van der Waals surface area contributed by atoms with Gasteiger partial charge >= 0.3 is 0 Å². The van der Waals surface area contributed by atoms with Gasteiger partial charge in [0.2, 0.25) is 5.78 Å². The Morgan fingerprint density at radius 1 is 1.31 bits per heavy atom. The van der Waals surface area contributed by atoms with Crippen molar-refractivity contribution < 1.29 is 9.18 Å². The number of rotatable bonds is 2. The molecule has 1 aromatic carbocycles. The number of benzene rings is 1. The molecule has 5 heteroatoms. The fourth-order valence-corrected chi connectivity index (χ4v) is 2.75. The molecule has 2 aromatic rings. The molecule has 0 saturated carbocycles. The fraction of sp³-hybridized carbons (Fsp3) is 0. The summed E-state index contributed by atoms with van der Waals surface area (Å²) in [5.74, 6) is -0.908. The first-order valence-electron chi connectivity index (χ1n) is 4.33. The summed E-state index contributed by atoms with van der Waals surface area (Å²) >= 11 is 10.2. The molecule has 2 rings (SSSR count). The summed E-state index contributed by atoms with van der Waals surface area (Å²) in [4.78, 5) is 12.4. The van der Waals surface area contributed by atoms with Crippen LogP contribution in [0, 0.1) is 5.82 Å². The van der Waals surface area contributed by atoms with Gasteiger partial charge in [0.05, 0.1) is 14.2 Å². The van der Waals surface area contributed by atoms with E-state index in [0.717, 1.165) is 3.79 Å². The highest BCUT2D eigenvalue weighted by Gasteiger charge is 2.16. The highest BCUT2D eigenvalue weighted by Crippen LogP contribution is 2.26. The molecule has 1 nitrogen and oxygen atoms in total. The normalized spacial score (nSPS) is 10.4. The Bertz CT molecular complexity index is 553. The van der Waals surface area contributed by atoms with Crippen molar-refractivity contribution in [3.63, 3.8) is 0 Å². The molecule has 0 spiro atoms. The van der Waals surface area contributed by atoms with Crippen LogP contribution in [0.3, 0.4) is 0 Å². The number of carbonyl (C=O) groups excluding carboxylic acids is 1. The second-order valence-corrected chi connectivity index (χ2v) is 5.96. The Morgan fingerprint density at radius 3 is 2.69 bits per heavy atom. The number of thiophene rings is 1. The fourth-order valence-electron chi connectivity index (χ4n) is 1.24. The molecule has 0 unspecified atom stereocenters. The summed E-state index contributed by atoms with van der Waals surface area (Å²) in [6.07, 6.45) is 0. The van der Waals surface area contributed by atoms with Crippen LogP contribution in [0.5, 0.6) is 0 Å². The van der Waals surface area contributed by atoms with Crippen molar-refractivity contribution in [1.82, 2.24) is 0 Å². The zero-order valence-electron chi connectivity index (χ0n) is 7.84. The molecule has 0 aliphatic carbocycles. The van der Waals surface area contributed by atoms with Gasteiger partial charge in [0.25, 0.3) is 0 Å². The molecule has 0 fully saturated rings. The van der Waals surface area contributed by atoms with Crippen molar-refractivity contribution >= 4 is 44.7 Å². The van der Waals surface area contributed by atoms with E-state index in [4.69, 9.17) is 11.6 Å². The standard InChI is InChI=1S/C11H5BrClFOS/c12-10-4-3-9(16-10)11(15)7-5-6(13)1-2-8(7)14/h1-5H. The molecule has 0 atom stereocenters. The van der Waals surface area contributed by atoms with Crippen LogP contribution in [-0.2, 0) is 0 Å². The molecule has 0 aliphatic rings. The maximum Gasteiger partial charge on any atom is 0.205 e. The van der Waals surface area contributed by atoms with E-state index in [0.29, 0.717) is 9.90 Å². The molecule has 0 aliphatic heterocycles. The molecule has 1 heterocycles. The molecule has 16 heavy (non-hydrogen) atoms. The van der Waals surface area contributed by atoms with Gasteiger partial charge < -0.3 is 0 Å². The zero-order chi connectivity index (χ0) is 11.7. The van der Waals surface area contributed by atoms with Crippen LogP contribution in [0.2, 0.25) is 5.02 Å². The monoisotopic (exact) mass is 318 g/mol. The molecule has 0 N–H and O–H groups in total. The van der Waals surface area contributed by atoms with Crippen molar-refractivity contribution in [3.8, 4) is 0 Å². The van der Waals surface area contributed by atoms with Crippen LogP contribution in [0.25, 0.3) is 0 Å². The van der Waals surface area contributed by atoms with Gasteiger partial charge in [-0.05, 0) is 46.3 Å². The number of hydrogen-bond donors (Lipinski definition) is 0. The van der Waals surface area contributed by atoms with Gasteiger partial charge in [0.1, 0.15) is 5.82 Å². The molecule has 1 aromatic heterocycles. The average molecular weight is 320 g/mol. The minimum absolute atomic E-state index is 0.00171. The van der Waals surface area contributed by atoms with Gasteiger partial charge in [-0.2, -0.15) is 0 Å². The lowest BCUT2D eigenvalue weighted by Gasteiger charge is -2.00. The van der Waals surface area contributed by atoms with Crippen molar-refractivity contribution in [3.05, 3.63) is 55.4 Å². The van der Waals surface area contributed by atoms with Crippen molar-refractivity contribution in [1.29, 1.82) is 0 Å². The molecular weight excluding hydrogens is 315 g/mol. The van der Waals surface area contributed by atoms with Crippen LogP contribution in [0.4, 0.5) is 4.39 Å². The maximum absolute atomic E-state index is 13.4. The van der Waals surface area contributed by atoms with E-state index in [1.54, 1.807) is 12.1 Å². The largest absolute Gasteiger partial charge is 0.288 e. The molecule has 0 radical (unpaired) electrons. The second-order valence-electron chi connectivity index (χ2n) is 3.06. The van der Waals surface area contributed by atoms with Crippen LogP contribution in [-0.4, -0.2) is 5.78 Å². The Kier molecular flexibility index (Phi) is 3.42. The summed E-state index contributed by atoms with van der Waals surface area (Å²) in [5.41, 5.74) is 0.00171. The molecular formula is C11H5BrClFOS. The van der Waals surface area contributed by atoms with Crippen LogP contribution >= 0.6 is 38.9 Å². The number of hydrogen-bond acceptors (Lipinski definition) is 2. The van der Waals surface area contributed by atoms with Crippen molar-refractivity contribution in [2.75, 3.05) is 0 Å². The predicted octanol–water partition coefficient (Wildman–Crippen LogP) is 4.53. The summed E-state index contributed by atoms with van der Waals surface area (Å²) < 4.78 is 14.3. The predicted molar refractivity (Wildman–Crippen MR) is 66.9 cm³/mol. The summed E-state index contributed by atoms with van der Waals surface area (Å²) in [6, 6.07) is 7.35. The van der Waals surface area contributed by atoms with Gasteiger partial charge in [-0.15, -0.1) is 11.3 Å². The summed E-state index contributed by atoms with van der Waals surface area (Å²) in [5, 5.41) is 0.348. The molecule has 0 amide bonds. The maximum atomic E-state index is 13.4. The Hall–Kier alpha value is -0.710. The average Bonchev–Trinajstić information content (AvgIpc) is 2.67.